The second kappa shape index (κ2) is 7.22. The van der Waals surface area contributed by atoms with Crippen molar-refractivity contribution < 1.29 is 9.90 Å². The highest BCUT2D eigenvalue weighted by Gasteiger charge is 2.39. The number of likely N-dealkylation sites (N-methyl/N-ethyl adjacent to an activating group) is 1. The molecule has 0 bridgehead atoms. The van der Waals surface area contributed by atoms with Crippen LogP contribution in [0.2, 0.25) is 0 Å². The SMILES string of the molecule is CC(C)N1CCCC(NCCN(C)C)(C(=O)O)CC1. The fourth-order valence-electron chi connectivity index (χ4n) is 2.66. The number of hydrogen-bond acceptors (Lipinski definition) is 4. The summed E-state index contributed by atoms with van der Waals surface area (Å²) in [7, 11) is 4.01. The molecule has 0 amide bonds. The van der Waals surface area contributed by atoms with E-state index in [0.29, 0.717) is 12.5 Å². The van der Waals surface area contributed by atoms with Gasteiger partial charge in [0.15, 0.2) is 0 Å². The molecule has 0 saturated carbocycles. The zero-order chi connectivity index (χ0) is 14.5. The molecule has 1 rings (SSSR count). The molecule has 1 fully saturated rings. The van der Waals surface area contributed by atoms with E-state index < -0.39 is 11.5 Å². The maximum absolute atomic E-state index is 11.7. The Labute approximate surface area is 117 Å². The zero-order valence-corrected chi connectivity index (χ0v) is 12.8. The number of rotatable bonds is 6. The Kier molecular flexibility index (Phi) is 6.23. The average Bonchev–Trinajstić information content (AvgIpc) is 2.52. The lowest BCUT2D eigenvalue weighted by Crippen LogP contribution is -2.54. The smallest absolute Gasteiger partial charge is 0.323 e. The molecule has 5 heteroatoms. The lowest BCUT2D eigenvalue weighted by atomic mass is 9.90. The summed E-state index contributed by atoms with van der Waals surface area (Å²) in [6, 6.07) is 0.492. The topological polar surface area (TPSA) is 55.8 Å². The number of carboxylic acid groups (broad SMARTS) is 1. The molecule has 0 spiro atoms. The minimum Gasteiger partial charge on any atom is -0.480 e. The van der Waals surface area contributed by atoms with E-state index in [-0.39, 0.29) is 0 Å². The van der Waals surface area contributed by atoms with E-state index in [0.717, 1.165) is 39.0 Å². The maximum atomic E-state index is 11.7. The Morgan fingerprint density at radius 2 is 2.05 bits per heavy atom. The van der Waals surface area contributed by atoms with Crippen LogP contribution in [0.25, 0.3) is 0 Å². The van der Waals surface area contributed by atoms with Gasteiger partial charge in [0.2, 0.25) is 0 Å². The van der Waals surface area contributed by atoms with E-state index in [2.05, 4.69) is 29.0 Å². The van der Waals surface area contributed by atoms with Crippen molar-refractivity contribution >= 4 is 5.97 Å². The van der Waals surface area contributed by atoms with Crippen molar-refractivity contribution in [3.8, 4) is 0 Å². The maximum Gasteiger partial charge on any atom is 0.323 e. The van der Waals surface area contributed by atoms with Crippen molar-refractivity contribution in [1.29, 1.82) is 0 Å². The van der Waals surface area contributed by atoms with Gasteiger partial charge in [0.25, 0.3) is 0 Å². The van der Waals surface area contributed by atoms with Crippen molar-refractivity contribution in [2.24, 2.45) is 0 Å². The first-order valence-electron chi connectivity index (χ1n) is 7.24. The highest BCUT2D eigenvalue weighted by Crippen LogP contribution is 2.23. The van der Waals surface area contributed by atoms with Gasteiger partial charge in [0.05, 0.1) is 0 Å². The van der Waals surface area contributed by atoms with E-state index >= 15 is 0 Å². The zero-order valence-electron chi connectivity index (χ0n) is 12.8. The van der Waals surface area contributed by atoms with Gasteiger partial charge in [0, 0.05) is 25.7 Å². The first-order chi connectivity index (χ1) is 8.87. The third kappa shape index (κ3) is 4.75. The normalized spacial score (nSPS) is 25.8. The molecule has 0 aliphatic carbocycles. The van der Waals surface area contributed by atoms with E-state index in [1.165, 1.54) is 0 Å². The van der Waals surface area contributed by atoms with Gasteiger partial charge >= 0.3 is 5.97 Å². The highest BCUT2D eigenvalue weighted by atomic mass is 16.4. The van der Waals surface area contributed by atoms with Crippen molar-refractivity contribution in [3.05, 3.63) is 0 Å². The first kappa shape index (κ1) is 16.4. The standard InChI is InChI=1S/C14H29N3O2/c1-12(2)17-9-5-6-14(7-10-17,13(18)19)15-8-11-16(3)4/h12,15H,5-11H2,1-4H3,(H,18,19). The van der Waals surface area contributed by atoms with Crippen LogP contribution < -0.4 is 5.32 Å². The minimum atomic E-state index is -0.736. The molecule has 0 aromatic carbocycles. The molecule has 1 aliphatic rings. The molecular formula is C14H29N3O2. The van der Waals surface area contributed by atoms with E-state index in [1.54, 1.807) is 0 Å². The van der Waals surface area contributed by atoms with Crippen molar-refractivity contribution in [2.45, 2.75) is 44.7 Å². The molecule has 1 heterocycles. The molecule has 112 valence electrons. The summed E-state index contributed by atoms with van der Waals surface area (Å²) in [5.74, 6) is -0.697. The molecule has 1 atom stereocenters. The van der Waals surface area contributed by atoms with Crippen LogP contribution in [0.15, 0.2) is 0 Å². The van der Waals surface area contributed by atoms with E-state index in [9.17, 15) is 9.90 Å². The third-order valence-corrected chi connectivity index (χ3v) is 4.04. The Morgan fingerprint density at radius 3 is 2.58 bits per heavy atom. The van der Waals surface area contributed by atoms with Crippen LogP contribution in [0.1, 0.15) is 33.1 Å². The number of likely N-dealkylation sites (tertiary alicyclic amines) is 1. The van der Waals surface area contributed by atoms with Crippen LogP contribution in [-0.2, 0) is 4.79 Å². The van der Waals surface area contributed by atoms with Crippen molar-refractivity contribution in [1.82, 2.24) is 15.1 Å². The first-order valence-corrected chi connectivity index (χ1v) is 7.24. The Hall–Kier alpha value is -0.650. The second-order valence-electron chi connectivity index (χ2n) is 6.10. The molecule has 0 aromatic heterocycles. The fourth-order valence-corrected chi connectivity index (χ4v) is 2.66. The number of hydrogen-bond donors (Lipinski definition) is 2. The van der Waals surface area contributed by atoms with Gasteiger partial charge in [-0.05, 0) is 53.8 Å². The summed E-state index contributed by atoms with van der Waals surface area (Å²) in [5, 5.41) is 12.9. The molecule has 5 nitrogen and oxygen atoms in total. The van der Waals surface area contributed by atoms with Crippen LogP contribution in [0, 0.1) is 0 Å². The molecular weight excluding hydrogens is 242 g/mol. The predicted octanol–water partition coefficient (Wildman–Crippen LogP) is 0.855. The van der Waals surface area contributed by atoms with E-state index in [1.807, 2.05) is 14.1 Å². The predicted molar refractivity (Wildman–Crippen MR) is 77.5 cm³/mol. The Morgan fingerprint density at radius 1 is 1.37 bits per heavy atom. The number of nitrogens with zero attached hydrogens (tertiary/aromatic N) is 2. The van der Waals surface area contributed by atoms with Crippen LogP contribution in [0.3, 0.4) is 0 Å². The van der Waals surface area contributed by atoms with Crippen LogP contribution in [0.5, 0.6) is 0 Å². The third-order valence-electron chi connectivity index (χ3n) is 4.04. The van der Waals surface area contributed by atoms with Crippen molar-refractivity contribution in [3.63, 3.8) is 0 Å². The van der Waals surface area contributed by atoms with Gasteiger partial charge in [-0.25, -0.2) is 0 Å². The van der Waals surface area contributed by atoms with Crippen LogP contribution in [0.4, 0.5) is 0 Å². The molecule has 1 aliphatic heterocycles. The minimum absolute atomic E-state index is 0.492. The van der Waals surface area contributed by atoms with Gasteiger partial charge < -0.3 is 20.2 Å². The summed E-state index contributed by atoms with van der Waals surface area (Å²) in [6.07, 6.45) is 2.35. The monoisotopic (exact) mass is 271 g/mol. The fraction of sp³-hybridized carbons (Fsp3) is 0.929. The second-order valence-corrected chi connectivity index (χ2v) is 6.10. The Balaban J connectivity index is 2.63. The summed E-state index contributed by atoms with van der Waals surface area (Å²) < 4.78 is 0. The average molecular weight is 271 g/mol. The van der Waals surface area contributed by atoms with Gasteiger partial charge in [-0.3, -0.25) is 4.79 Å². The summed E-state index contributed by atoms with van der Waals surface area (Å²) in [6.45, 7) is 7.80. The van der Waals surface area contributed by atoms with Crippen molar-refractivity contribution in [2.75, 3.05) is 40.3 Å². The number of carbonyl (C=O) groups is 1. The Bertz CT molecular complexity index is 294. The molecule has 1 unspecified atom stereocenters. The number of nitrogens with one attached hydrogen (secondary N) is 1. The van der Waals surface area contributed by atoms with Crippen LogP contribution in [-0.4, -0.2) is 72.7 Å². The molecule has 2 N–H and O–H groups in total. The van der Waals surface area contributed by atoms with Gasteiger partial charge in [0.1, 0.15) is 5.54 Å². The van der Waals surface area contributed by atoms with Gasteiger partial charge in [-0.1, -0.05) is 0 Å². The molecule has 1 saturated heterocycles. The summed E-state index contributed by atoms with van der Waals surface area (Å²) in [4.78, 5) is 16.1. The molecule has 0 radical (unpaired) electrons. The summed E-state index contributed by atoms with van der Waals surface area (Å²) in [5.41, 5.74) is -0.736. The van der Waals surface area contributed by atoms with Gasteiger partial charge in [-0.15, -0.1) is 0 Å². The number of aliphatic carboxylic acids is 1. The van der Waals surface area contributed by atoms with Crippen LogP contribution >= 0.6 is 0 Å². The highest BCUT2D eigenvalue weighted by molar-refractivity contribution is 5.78. The summed E-state index contributed by atoms with van der Waals surface area (Å²) >= 11 is 0. The molecule has 19 heavy (non-hydrogen) atoms. The van der Waals surface area contributed by atoms with E-state index in [4.69, 9.17) is 0 Å². The largest absolute Gasteiger partial charge is 0.480 e. The van der Waals surface area contributed by atoms with Gasteiger partial charge in [-0.2, -0.15) is 0 Å². The molecule has 0 aromatic rings. The quantitative estimate of drug-likeness (QED) is 0.750. The lowest BCUT2D eigenvalue weighted by Gasteiger charge is -2.30. The lowest BCUT2D eigenvalue weighted by molar-refractivity contribution is -0.145. The number of carboxylic acids is 1.